The van der Waals surface area contributed by atoms with Crippen molar-refractivity contribution in [3.05, 3.63) is 12.3 Å². The summed E-state index contributed by atoms with van der Waals surface area (Å²) in [4.78, 5) is 11.8. The molecule has 8 heteroatoms. The summed E-state index contributed by atoms with van der Waals surface area (Å²) in [6.45, 7) is 7.56. The van der Waals surface area contributed by atoms with Crippen LogP contribution in [-0.2, 0) is 4.79 Å². The molecule has 0 aromatic carbocycles. The number of quaternary nitrogens is 1. The van der Waals surface area contributed by atoms with E-state index in [0.717, 1.165) is 5.13 Å². The minimum Gasteiger partial charge on any atom is -0.358 e. The number of Topliss-reactive ketones (excluding diaryl/α,β-unsaturated/α-hetero) is 1. The molecule has 0 fully saturated rings. The zero-order valence-corrected chi connectivity index (χ0v) is 12.5. The average molecular weight is 298 g/mol. The molecule has 0 radical (unpaired) electrons. The molecule has 0 bridgehead atoms. The van der Waals surface area contributed by atoms with E-state index in [9.17, 15) is 4.79 Å². The maximum atomic E-state index is 11.8. The molecule has 0 spiro atoms. The van der Waals surface area contributed by atoms with Crippen molar-refractivity contribution in [1.82, 2.24) is 10.2 Å². The number of carbonyl (C=O) groups is 1. The first-order chi connectivity index (χ1) is 8.93. The van der Waals surface area contributed by atoms with Crippen molar-refractivity contribution >= 4 is 34.0 Å². The number of rotatable bonds is 7. The second-order valence-corrected chi connectivity index (χ2v) is 6.35. The second kappa shape index (κ2) is 7.23. The van der Waals surface area contributed by atoms with Crippen LogP contribution in [0.4, 0.5) is 5.13 Å². The van der Waals surface area contributed by atoms with Crippen LogP contribution in [0.2, 0.25) is 0 Å². The lowest BCUT2D eigenvalue weighted by Crippen LogP contribution is -2.51. The fraction of sp³-hybridized carbons (Fsp3) is 0.455. The van der Waals surface area contributed by atoms with E-state index in [2.05, 4.69) is 27.8 Å². The number of hydrogen-bond donors (Lipinski definition) is 2. The number of hydrogen-bond acceptors (Lipinski definition) is 7. The number of aromatic nitrogens is 2. The summed E-state index contributed by atoms with van der Waals surface area (Å²) in [5.41, 5.74) is 3.87. The number of nitrogens with zero attached hydrogens (tertiary/aromatic N) is 3. The van der Waals surface area contributed by atoms with Crippen molar-refractivity contribution in [2.75, 3.05) is 11.1 Å². The Morgan fingerprint density at radius 3 is 2.84 bits per heavy atom. The fourth-order valence-corrected chi connectivity index (χ4v) is 2.98. The predicted octanol–water partition coefficient (Wildman–Crippen LogP) is 0.915. The highest BCUT2D eigenvalue weighted by molar-refractivity contribution is 8.01. The number of ketones is 1. The lowest BCUT2D eigenvalue weighted by atomic mass is 10.1. The third kappa shape index (κ3) is 4.98. The molecule has 0 aliphatic carbocycles. The van der Waals surface area contributed by atoms with Crippen LogP contribution in [0.5, 0.6) is 0 Å². The summed E-state index contributed by atoms with van der Waals surface area (Å²) in [6, 6.07) is 2.18. The molecule has 1 aromatic heterocycles. The SMILES string of the molecule is C=C([NH3+])[C@H](C#N)C(=O)CSc1nnc(NC(C)C)s1. The van der Waals surface area contributed by atoms with Crippen molar-refractivity contribution < 1.29 is 10.5 Å². The Morgan fingerprint density at radius 2 is 2.32 bits per heavy atom. The predicted molar refractivity (Wildman–Crippen MR) is 75.5 cm³/mol. The van der Waals surface area contributed by atoms with Gasteiger partial charge in [-0.05, 0) is 20.4 Å². The highest BCUT2D eigenvalue weighted by Gasteiger charge is 2.22. The molecule has 0 aliphatic heterocycles. The standard InChI is InChI=1S/C11H15N5OS2/c1-6(2)14-10-15-16-11(19-10)18-5-9(17)8(4-12)7(3)13/h6,8H,3,5,13H2,1-2H3,(H,14,15)/p+1/t8-/m0/s1. The van der Waals surface area contributed by atoms with Gasteiger partial charge in [-0.3, -0.25) is 4.79 Å². The smallest absolute Gasteiger partial charge is 0.206 e. The maximum absolute atomic E-state index is 11.8. The summed E-state index contributed by atoms with van der Waals surface area (Å²) >= 11 is 2.66. The molecule has 19 heavy (non-hydrogen) atoms. The molecule has 102 valence electrons. The van der Waals surface area contributed by atoms with Crippen molar-refractivity contribution in [2.45, 2.75) is 24.2 Å². The van der Waals surface area contributed by atoms with Gasteiger partial charge in [0.2, 0.25) is 5.13 Å². The van der Waals surface area contributed by atoms with Crippen LogP contribution in [0.25, 0.3) is 0 Å². The van der Waals surface area contributed by atoms with Crippen molar-refractivity contribution in [2.24, 2.45) is 5.92 Å². The van der Waals surface area contributed by atoms with Crippen LogP contribution < -0.4 is 11.1 Å². The molecule has 0 amide bonds. The second-order valence-electron chi connectivity index (χ2n) is 4.15. The molecular formula is C11H16N5OS2+. The number of nitrogens with one attached hydrogen (secondary N) is 1. The monoisotopic (exact) mass is 298 g/mol. The molecular weight excluding hydrogens is 282 g/mol. The van der Waals surface area contributed by atoms with Crippen molar-refractivity contribution in [3.8, 4) is 6.07 Å². The molecule has 1 heterocycles. The third-order valence-corrected chi connectivity index (χ3v) is 4.03. The normalized spacial score (nSPS) is 11.9. The zero-order valence-electron chi connectivity index (χ0n) is 10.8. The Bertz CT molecular complexity index is 505. The summed E-state index contributed by atoms with van der Waals surface area (Å²) < 4.78 is 0.697. The Morgan fingerprint density at radius 1 is 1.63 bits per heavy atom. The summed E-state index contributed by atoms with van der Waals surface area (Å²) in [5, 5.41) is 20.6. The molecule has 0 unspecified atom stereocenters. The van der Waals surface area contributed by atoms with E-state index in [0.29, 0.717) is 10.0 Å². The minimum absolute atomic E-state index is 0.170. The van der Waals surface area contributed by atoms with E-state index in [1.54, 1.807) is 0 Å². The Labute approximate surface area is 120 Å². The molecule has 1 atom stereocenters. The largest absolute Gasteiger partial charge is 0.358 e. The Hall–Kier alpha value is -1.43. The topological polar surface area (TPSA) is 106 Å². The van der Waals surface area contributed by atoms with Gasteiger partial charge >= 0.3 is 0 Å². The van der Waals surface area contributed by atoms with Crippen LogP contribution in [0.15, 0.2) is 16.6 Å². The van der Waals surface area contributed by atoms with Crippen molar-refractivity contribution in [1.29, 1.82) is 5.26 Å². The summed E-state index contributed by atoms with van der Waals surface area (Å²) in [7, 11) is 0. The Kier molecular flexibility index (Phi) is 5.95. The van der Waals surface area contributed by atoms with Crippen LogP contribution in [0.1, 0.15) is 13.8 Å². The first-order valence-corrected chi connectivity index (χ1v) is 7.40. The lowest BCUT2D eigenvalue weighted by molar-refractivity contribution is -0.309. The molecule has 0 saturated heterocycles. The van der Waals surface area contributed by atoms with E-state index in [4.69, 9.17) is 5.26 Å². The molecule has 0 saturated carbocycles. The molecule has 1 aromatic rings. The van der Waals surface area contributed by atoms with Crippen LogP contribution in [0.3, 0.4) is 0 Å². The zero-order chi connectivity index (χ0) is 14.4. The fourth-order valence-electron chi connectivity index (χ4n) is 1.18. The summed E-state index contributed by atoms with van der Waals surface area (Å²) in [6.07, 6.45) is 0. The molecule has 1 rings (SSSR count). The Balaban J connectivity index is 2.53. The first kappa shape index (κ1) is 15.6. The number of thioether (sulfide) groups is 1. The van der Waals surface area contributed by atoms with Gasteiger partial charge in [-0.1, -0.05) is 23.1 Å². The van der Waals surface area contributed by atoms with Crippen LogP contribution >= 0.6 is 23.1 Å². The average Bonchev–Trinajstić information content (AvgIpc) is 2.73. The lowest BCUT2D eigenvalue weighted by Gasteiger charge is -2.03. The van der Waals surface area contributed by atoms with Gasteiger partial charge in [0.1, 0.15) is 5.70 Å². The van der Waals surface area contributed by atoms with Gasteiger partial charge < -0.3 is 11.1 Å². The van der Waals surface area contributed by atoms with Gasteiger partial charge in [-0.25, -0.2) is 0 Å². The maximum Gasteiger partial charge on any atom is 0.206 e. The number of nitriles is 1. The minimum atomic E-state index is -0.839. The first-order valence-electron chi connectivity index (χ1n) is 5.60. The van der Waals surface area contributed by atoms with Gasteiger partial charge in [0.15, 0.2) is 16.0 Å². The van der Waals surface area contributed by atoms with E-state index < -0.39 is 5.92 Å². The van der Waals surface area contributed by atoms with Gasteiger partial charge in [0.25, 0.3) is 0 Å². The number of allylic oxidation sites excluding steroid dienone is 1. The third-order valence-electron chi connectivity index (χ3n) is 2.02. The highest BCUT2D eigenvalue weighted by Crippen LogP contribution is 2.26. The van der Waals surface area contributed by atoms with E-state index in [1.165, 1.54) is 23.1 Å². The van der Waals surface area contributed by atoms with E-state index in [1.807, 2.05) is 19.9 Å². The van der Waals surface area contributed by atoms with Gasteiger partial charge in [-0.15, -0.1) is 10.2 Å². The van der Waals surface area contributed by atoms with E-state index in [-0.39, 0.29) is 17.6 Å². The van der Waals surface area contributed by atoms with Gasteiger partial charge in [0, 0.05) is 6.04 Å². The van der Waals surface area contributed by atoms with Crippen molar-refractivity contribution in [3.63, 3.8) is 0 Å². The summed E-state index contributed by atoms with van der Waals surface area (Å²) in [5.74, 6) is -0.877. The van der Waals surface area contributed by atoms with E-state index >= 15 is 0 Å². The van der Waals surface area contributed by atoms with Crippen LogP contribution in [-0.4, -0.2) is 27.8 Å². The highest BCUT2D eigenvalue weighted by atomic mass is 32.2. The quantitative estimate of drug-likeness (QED) is 0.725. The molecule has 0 aliphatic rings. The van der Waals surface area contributed by atoms with Gasteiger partial charge in [-0.2, -0.15) is 5.26 Å². The van der Waals surface area contributed by atoms with Gasteiger partial charge in [0.05, 0.1) is 11.8 Å². The van der Waals surface area contributed by atoms with Crippen LogP contribution in [0, 0.1) is 17.2 Å². The molecule has 4 N–H and O–H groups in total. The number of carbonyl (C=O) groups excluding carboxylic acids is 1. The molecule has 6 nitrogen and oxygen atoms in total. The number of anilines is 1.